The molecule has 2 aliphatic rings. The number of hydrogen-bond acceptors (Lipinski definition) is 4. The number of fused-ring (bicyclic) bond motifs is 2. The molecule has 100 valence electrons. The lowest BCUT2D eigenvalue weighted by molar-refractivity contribution is -0.313. The van der Waals surface area contributed by atoms with E-state index in [0.29, 0.717) is 6.54 Å². The first-order valence-electron chi connectivity index (χ1n) is 6.36. The Balaban J connectivity index is 1.68. The molecule has 1 aromatic rings. The molecule has 4 nitrogen and oxygen atoms in total. The van der Waals surface area contributed by atoms with Crippen molar-refractivity contribution in [2.45, 2.75) is 13.0 Å². The number of carbonyl (C=O) groups excluding carboxylic acids is 2. The van der Waals surface area contributed by atoms with Gasteiger partial charge in [0.05, 0.1) is 12.5 Å². The minimum atomic E-state index is -1.10. The molecule has 0 spiro atoms. The largest absolute Gasteiger partial charge is 0.550 e. The highest BCUT2D eigenvalue weighted by molar-refractivity contribution is 7.09. The average Bonchev–Trinajstić information content (AvgIpc) is 3.10. The van der Waals surface area contributed by atoms with Crippen LogP contribution in [0.1, 0.15) is 11.3 Å². The molecule has 1 amide bonds. The van der Waals surface area contributed by atoms with Crippen molar-refractivity contribution in [3.05, 3.63) is 34.5 Å². The summed E-state index contributed by atoms with van der Waals surface area (Å²) >= 11 is 1.57. The van der Waals surface area contributed by atoms with E-state index in [1.165, 1.54) is 0 Å². The van der Waals surface area contributed by atoms with Gasteiger partial charge < -0.3 is 15.2 Å². The summed E-state index contributed by atoms with van der Waals surface area (Å²) in [7, 11) is 0. The summed E-state index contributed by atoms with van der Waals surface area (Å²) in [5, 5.41) is 16.0. The van der Waals surface area contributed by atoms with E-state index in [0.717, 1.165) is 11.3 Å². The van der Waals surface area contributed by atoms with Crippen molar-refractivity contribution in [1.29, 1.82) is 0 Å². The molecule has 1 aromatic heterocycles. The summed E-state index contributed by atoms with van der Waals surface area (Å²) in [4.78, 5) is 24.5. The van der Waals surface area contributed by atoms with Crippen LogP contribution in [0.4, 0.5) is 0 Å². The summed E-state index contributed by atoms with van der Waals surface area (Å²) in [5.74, 6) is -2.39. The van der Waals surface area contributed by atoms with Gasteiger partial charge in [-0.2, -0.15) is 0 Å². The normalized spacial score (nSPS) is 31.6. The first-order chi connectivity index (χ1) is 9.16. The van der Waals surface area contributed by atoms with Crippen molar-refractivity contribution >= 4 is 23.2 Å². The topological polar surface area (TPSA) is 69.2 Å². The molecule has 1 N–H and O–H groups in total. The summed E-state index contributed by atoms with van der Waals surface area (Å²) in [5.41, 5.74) is 0. The molecule has 1 saturated carbocycles. The molecule has 1 heterocycles. The minimum Gasteiger partial charge on any atom is -0.550 e. The number of amides is 1. The van der Waals surface area contributed by atoms with Crippen LogP contribution < -0.4 is 10.4 Å². The molecule has 4 atom stereocenters. The minimum absolute atomic E-state index is 0.0347. The fourth-order valence-electron chi connectivity index (χ4n) is 3.21. The second-order valence-electron chi connectivity index (χ2n) is 5.12. The highest BCUT2D eigenvalue weighted by Crippen LogP contribution is 2.47. The van der Waals surface area contributed by atoms with Crippen molar-refractivity contribution in [2.75, 3.05) is 0 Å². The Morgan fingerprint density at radius 1 is 1.32 bits per heavy atom. The molecule has 2 bridgehead atoms. The number of nitrogens with one attached hydrogen (secondary N) is 1. The summed E-state index contributed by atoms with van der Waals surface area (Å²) in [6.07, 6.45) is 4.64. The second kappa shape index (κ2) is 4.81. The maximum Gasteiger partial charge on any atom is 0.224 e. The van der Waals surface area contributed by atoms with Crippen molar-refractivity contribution < 1.29 is 14.7 Å². The van der Waals surface area contributed by atoms with E-state index in [1.807, 2.05) is 29.7 Å². The highest BCUT2D eigenvalue weighted by atomic mass is 32.1. The second-order valence-corrected chi connectivity index (χ2v) is 6.15. The van der Waals surface area contributed by atoms with Gasteiger partial charge in [-0.1, -0.05) is 18.2 Å². The van der Waals surface area contributed by atoms with Crippen molar-refractivity contribution in [2.24, 2.45) is 23.7 Å². The van der Waals surface area contributed by atoms with Gasteiger partial charge in [-0.15, -0.1) is 11.3 Å². The summed E-state index contributed by atoms with van der Waals surface area (Å²) < 4.78 is 0. The molecular formula is C14H14NO3S-. The first-order valence-corrected chi connectivity index (χ1v) is 7.24. The fourth-order valence-corrected chi connectivity index (χ4v) is 3.85. The quantitative estimate of drug-likeness (QED) is 0.817. The molecule has 0 aromatic carbocycles. The summed E-state index contributed by atoms with van der Waals surface area (Å²) in [6.45, 7) is 0.466. The lowest BCUT2D eigenvalue weighted by Crippen LogP contribution is -2.44. The van der Waals surface area contributed by atoms with Gasteiger partial charge in [-0.05, 0) is 29.7 Å². The first kappa shape index (κ1) is 12.4. The van der Waals surface area contributed by atoms with Crippen LogP contribution in [0.25, 0.3) is 0 Å². The molecular weight excluding hydrogens is 262 g/mol. The van der Waals surface area contributed by atoms with Gasteiger partial charge in [0.15, 0.2) is 0 Å². The monoisotopic (exact) mass is 276 g/mol. The summed E-state index contributed by atoms with van der Waals surface area (Å²) in [6, 6.07) is 3.87. The van der Waals surface area contributed by atoms with Gasteiger partial charge in [0.2, 0.25) is 5.91 Å². The zero-order valence-corrected chi connectivity index (χ0v) is 11.1. The Labute approximate surface area is 115 Å². The van der Waals surface area contributed by atoms with E-state index in [9.17, 15) is 14.7 Å². The number of carboxylic acids is 1. The van der Waals surface area contributed by atoms with Crippen LogP contribution in [-0.2, 0) is 16.1 Å². The van der Waals surface area contributed by atoms with Crippen molar-refractivity contribution in [1.82, 2.24) is 5.32 Å². The number of rotatable bonds is 4. The van der Waals surface area contributed by atoms with Gasteiger partial charge in [0.1, 0.15) is 0 Å². The number of thiophene rings is 1. The predicted octanol–water partition coefficient (Wildman–Crippen LogP) is 0.552. The fraction of sp³-hybridized carbons (Fsp3) is 0.429. The van der Waals surface area contributed by atoms with Gasteiger partial charge in [-0.25, -0.2) is 0 Å². The SMILES string of the molecule is O=C([O-])[C@@H]1[C@@H](C(=O)NCc2cccs2)[C@H]2C=C[C@@H]1C2. The zero-order valence-electron chi connectivity index (χ0n) is 10.2. The van der Waals surface area contributed by atoms with E-state index < -0.39 is 17.8 Å². The van der Waals surface area contributed by atoms with Crippen LogP contribution in [0, 0.1) is 23.7 Å². The Kier molecular flexibility index (Phi) is 3.14. The third-order valence-electron chi connectivity index (χ3n) is 4.05. The molecule has 19 heavy (non-hydrogen) atoms. The van der Waals surface area contributed by atoms with Crippen molar-refractivity contribution in [3.63, 3.8) is 0 Å². The molecule has 0 aliphatic heterocycles. The maximum absolute atomic E-state index is 12.2. The Bertz CT molecular complexity index is 523. The number of aliphatic carboxylic acids is 1. The van der Waals surface area contributed by atoms with Gasteiger partial charge >= 0.3 is 0 Å². The number of carbonyl (C=O) groups is 2. The predicted molar refractivity (Wildman–Crippen MR) is 68.9 cm³/mol. The van der Waals surface area contributed by atoms with E-state index in [1.54, 1.807) is 11.3 Å². The molecule has 0 unspecified atom stereocenters. The average molecular weight is 276 g/mol. The van der Waals surface area contributed by atoms with Gasteiger partial charge in [0.25, 0.3) is 0 Å². The van der Waals surface area contributed by atoms with Crippen LogP contribution in [0.2, 0.25) is 0 Å². The van der Waals surface area contributed by atoms with E-state index in [4.69, 9.17) is 0 Å². The number of allylic oxidation sites excluding steroid dienone is 2. The zero-order chi connectivity index (χ0) is 13.4. The maximum atomic E-state index is 12.2. The van der Waals surface area contributed by atoms with Crippen LogP contribution in [0.5, 0.6) is 0 Å². The Morgan fingerprint density at radius 3 is 2.68 bits per heavy atom. The lowest BCUT2D eigenvalue weighted by Gasteiger charge is -2.27. The third-order valence-corrected chi connectivity index (χ3v) is 4.93. The van der Waals surface area contributed by atoms with Gasteiger partial charge in [0, 0.05) is 16.8 Å². The van der Waals surface area contributed by atoms with E-state index >= 15 is 0 Å². The molecule has 2 aliphatic carbocycles. The van der Waals surface area contributed by atoms with Crippen molar-refractivity contribution in [3.8, 4) is 0 Å². The van der Waals surface area contributed by atoms with Crippen LogP contribution in [0.3, 0.4) is 0 Å². The smallest absolute Gasteiger partial charge is 0.224 e. The lowest BCUT2D eigenvalue weighted by atomic mass is 9.82. The van der Waals surface area contributed by atoms with Crippen LogP contribution in [0.15, 0.2) is 29.7 Å². The van der Waals surface area contributed by atoms with Crippen LogP contribution >= 0.6 is 11.3 Å². The molecule has 1 fully saturated rings. The standard InChI is InChI=1S/C14H15NO3S/c16-13(15-7-10-2-1-5-19-10)11-8-3-4-9(6-8)12(11)14(17)18/h1-5,8-9,11-12H,6-7H2,(H,15,16)(H,17,18)/p-1/t8-,9+,11-,12-/m0/s1. The molecule has 0 radical (unpaired) electrons. The number of carboxylic acid groups (broad SMARTS) is 1. The Morgan fingerprint density at radius 2 is 2.05 bits per heavy atom. The van der Waals surface area contributed by atoms with E-state index in [2.05, 4.69) is 5.32 Å². The van der Waals surface area contributed by atoms with Gasteiger partial charge in [-0.3, -0.25) is 4.79 Å². The Hall–Kier alpha value is -1.62. The molecule has 5 heteroatoms. The third kappa shape index (κ3) is 2.18. The molecule has 0 saturated heterocycles. The number of hydrogen-bond donors (Lipinski definition) is 1. The van der Waals surface area contributed by atoms with E-state index in [-0.39, 0.29) is 17.7 Å². The highest BCUT2D eigenvalue weighted by Gasteiger charge is 2.48. The van der Waals surface area contributed by atoms with Crippen LogP contribution in [-0.4, -0.2) is 11.9 Å². The molecule has 3 rings (SSSR count).